The number of carbonyl (C=O) groups is 3. The fourth-order valence-electron chi connectivity index (χ4n) is 9.90. The number of aromatic nitrogens is 3. The Kier molecular flexibility index (Phi) is 12.0. The molecule has 1 saturated carbocycles. The molecule has 4 N–H and O–H groups in total. The molecule has 2 aromatic carbocycles. The van der Waals surface area contributed by atoms with Gasteiger partial charge in [0.05, 0.1) is 24.3 Å². The van der Waals surface area contributed by atoms with Crippen LogP contribution in [-0.2, 0) is 16.0 Å². The molecule has 17 heteroatoms. The quantitative estimate of drug-likeness (QED) is 0.179. The predicted octanol–water partition coefficient (Wildman–Crippen LogP) is 5.66. The summed E-state index contributed by atoms with van der Waals surface area (Å²) in [5, 5.41) is 10.9. The SMILES string of the molecule is C1CC1.CNc1cc(N2CCc3c(N4CCC(N5CCC(CN6CCN(c7ccc(Cl)c(C8CCC(=O)NC8=O)c7)CC6)C(F)(F)C5)CC4)cccc32)nn2c(C(N)=O)cnc12. The fourth-order valence-corrected chi connectivity index (χ4v) is 10.1. The Morgan fingerprint density at radius 3 is 2.37 bits per heavy atom. The van der Waals surface area contributed by atoms with E-state index in [4.69, 9.17) is 22.4 Å². The van der Waals surface area contributed by atoms with Gasteiger partial charge in [-0.3, -0.25) is 29.5 Å². The van der Waals surface area contributed by atoms with E-state index in [1.165, 1.54) is 41.2 Å². The summed E-state index contributed by atoms with van der Waals surface area (Å²) in [5.74, 6) is -4.44. The Hall–Kier alpha value is -5.06. The largest absolute Gasteiger partial charge is 0.385 e. The average Bonchev–Trinajstić information content (AvgIpc) is 3.99. The Morgan fingerprint density at radius 1 is 0.919 bits per heavy atom. The summed E-state index contributed by atoms with van der Waals surface area (Å²) in [6.07, 6.45) is 9.59. The Bertz CT molecular complexity index is 2320. The number of piperidine rings is 3. The molecule has 10 rings (SSSR count). The molecule has 5 fully saturated rings. The summed E-state index contributed by atoms with van der Waals surface area (Å²) >= 11 is 6.50. The summed E-state index contributed by atoms with van der Waals surface area (Å²) in [4.78, 5) is 51.7. The van der Waals surface area contributed by atoms with Crippen LogP contribution in [0.5, 0.6) is 0 Å². The third kappa shape index (κ3) is 8.65. The van der Waals surface area contributed by atoms with Gasteiger partial charge in [0.1, 0.15) is 5.69 Å². The number of nitrogens with one attached hydrogen (secondary N) is 2. The minimum absolute atomic E-state index is 0.116. The van der Waals surface area contributed by atoms with Crippen molar-refractivity contribution in [2.45, 2.75) is 75.7 Å². The molecule has 0 radical (unpaired) electrons. The Morgan fingerprint density at radius 2 is 1.68 bits per heavy atom. The topological polar surface area (TPSA) is 148 Å². The molecule has 4 saturated heterocycles. The van der Waals surface area contributed by atoms with E-state index in [9.17, 15) is 14.4 Å². The van der Waals surface area contributed by atoms with E-state index in [2.05, 4.69) is 53.4 Å². The number of hydrogen-bond acceptors (Lipinski definition) is 11. The molecule has 0 spiro atoms. The summed E-state index contributed by atoms with van der Waals surface area (Å²) in [6, 6.07) is 14.0. The molecule has 62 heavy (non-hydrogen) atoms. The van der Waals surface area contributed by atoms with Gasteiger partial charge in [0.25, 0.3) is 11.8 Å². The monoisotopic (exact) mass is 871 g/mol. The van der Waals surface area contributed by atoms with Crippen LogP contribution in [0.1, 0.15) is 78.9 Å². The van der Waals surface area contributed by atoms with Gasteiger partial charge >= 0.3 is 0 Å². The molecular formula is C45H56ClF2N11O3. The number of imidazole rings is 1. The van der Waals surface area contributed by atoms with Crippen LogP contribution in [0.4, 0.5) is 37.3 Å². The molecular weight excluding hydrogens is 816 g/mol. The molecule has 2 aromatic heterocycles. The van der Waals surface area contributed by atoms with Gasteiger partial charge in [-0.1, -0.05) is 36.9 Å². The molecule has 7 heterocycles. The number of alkyl halides is 2. The zero-order chi connectivity index (χ0) is 43.1. The third-order valence-corrected chi connectivity index (χ3v) is 13.9. The highest BCUT2D eigenvalue weighted by Crippen LogP contribution is 2.42. The second kappa shape index (κ2) is 17.6. The van der Waals surface area contributed by atoms with Crippen molar-refractivity contribution in [1.29, 1.82) is 0 Å². The van der Waals surface area contributed by atoms with Gasteiger partial charge in [-0.2, -0.15) is 0 Å². The summed E-state index contributed by atoms with van der Waals surface area (Å²) in [6.45, 7) is 5.90. The standard InChI is InChI=1S/C42H50ClF2N11O3.C3H6/c1-47-33-22-37(50-56-36(39(46)58)23-48-40(33)56)55-16-12-30-34(3-2-4-35(30)55)53-14-10-27(11-15-53)54-13-9-26(42(44,45)25-54)24-51-17-19-52(20-18-51)28-5-7-32(43)31(21-28)29-6-8-38(57)49-41(29)59;1-2-3-1/h2-5,7,21-23,26-27,29,47H,6,8-20,24-25H2,1H3,(H2,46,58)(H,49,57,59);1-3H2. The number of anilines is 5. The molecule has 330 valence electrons. The lowest BCUT2D eigenvalue weighted by atomic mass is 9.89. The van der Waals surface area contributed by atoms with Gasteiger partial charge in [0, 0.05) is 112 Å². The minimum atomic E-state index is -2.78. The number of hydrogen-bond donors (Lipinski definition) is 3. The number of benzene rings is 2. The maximum atomic E-state index is 15.9. The number of primary amides is 1. The van der Waals surface area contributed by atoms with E-state index in [0.29, 0.717) is 74.2 Å². The van der Waals surface area contributed by atoms with Gasteiger partial charge in [0.15, 0.2) is 11.5 Å². The highest BCUT2D eigenvalue weighted by atomic mass is 35.5. The van der Waals surface area contributed by atoms with Crippen molar-refractivity contribution in [3.8, 4) is 0 Å². The van der Waals surface area contributed by atoms with E-state index < -0.39 is 23.7 Å². The van der Waals surface area contributed by atoms with Crippen molar-refractivity contribution in [2.24, 2.45) is 11.7 Å². The maximum absolute atomic E-state index is 15.9. The molecule has 1 aliphatic carbocycles. The predicted molar refractivity (Wildman–Crippen MR) is 237 cm³/mol. The number of nitrogens with zero attached hydrogens (tertiary/aromatic N) is 8. The van der Waals surface area contributed by atoms with Crippen LogP contribution in [-0.4, -0.2) is 127 Å². The molecule has 2 atom stereocenters. The van der Waals surface area contributed by atoms with Crippen molar-refractivity contribution < 1.29 is 23.2 Å². The Balaban J connectivity index is 0.00000157. The number of rotatable bonds is 9. The van der Waals surface area contributed by atoms with Crippen LogP contribution in [0.15, 0.2) is 48.7 Å². The van der Waals surface area contributed by atoms with Gasteiger partial charge in [-0.15, -0.1) is 5.10 Å². The van der Waals surface area contributed by atoms with Crippen LogP contribution in [0.3, 0.4) is 0 Å². The lowest BCUT2D eigenvalue weighted by Crippen LogP contribution is -2.57. The van der Waals surface area contributed by atoms with Gasteiger partial charge < -0.3 is 25.8 Å². The van der Waals surface area contributed by atoms with Crippen LogP contribution >= 0.6 is 11.6 Å². The molecule has 4 aromatic rings. The summed E-state index contributed by atoms with van der Waals surface area (Å²) in [5.41, 5.74) is 12.2. The van der Waals surface area contributed by atoms with Crippen molar-refractivity contribution in [2.75, 3.05) is 92.5 Å². The summed E-state index contributed by atoms with van der Waals surface area (Å²) < 4.78 is 33.4. The smallest absolute Gasteiger partial charge is 0.269 e. The highest BCUT2D eigenvalue weighted by molar-refractivity contribution is 6.31. The van der Waals surface area contributed by atoms with Crippen molar-refractivity contribution in [3.63, 3.8) is 0 Å². The second-order valence-electron chi connectivity index (χ2n) is 17.6. The number of halogens is 3. The molecule has 5 aliphatic heterocycles. The van der Waals surface area contributed by atoms with Crippen LogP contribution < -0.4 is 31.1 Å². The van der Waals surface area contributed by atoms with E-state index in [0.717, 1.165) is 56.0 Å². The normalized spacial score (nSPS) is 23.2. The molecule has 3 amide bonds. The van der Waals surface area contributed by atoms with Crippen LogP contribution in [0.2, 0.25) is 5.02 Å². The average molecular weight is 872 g/mol. The maximum Gasteiger partial charge on any atom is 0.269 e. The number of fused-ring (bicyclic) bond motifs is 2. The van der Waals surface area contributed by atoms with Crippen molar-refractivity contribution >= 4 is 63.5 Å². The lowest BCUT2D eigenvalue weighted by Gasteiger charge is -2.46. The first-order valence-corrected chi connectivity index (χ1v) is 22.6. The van der Waals surface area contributed by atoms with Gasteiger partial charge in [0.2, 0.25) is 11.8 Å². The van der Waals surface area contributed by atoms with Crippen LogP contribution in [0, 0.1) is 5.92 Å². The first kappa shape index (κ1) is 42.3. The third-order valence-electron chi connectivity index (χ3n) is 13.5. The first-order valence-electron chi connectivity index (χ1n) is 22.2. The van der Waals surface area contributed by atoms with E-state index in [1.807, 2.05) is 23.1 Å². The van der Waals surface area contributed by atoms with Gasteiger partial charge in [-0.05, 0) is 74.5 Å². The van der Waals surface area contributed by atoms with Crippen LogP contribution in [0.25, 0.3) is 5.65 Å². The van der Waals surface area contributed by atoms with Gasteiger partial charge in [-0.25, -0.2) is 18.3 Å². The number of imide groups is 1. The Labute approximate surface area is 365 Å². The zero-order valence-corrected chi connectivity index (χ0v) is 36.1. The number of piperazine rings is 1. The molecule has 2 unspecified atom stereocenters. The number of amides is 3. The highest BCUT2D eigenvalue weighted by Gasteiger charge is 2.47. The second-order valence-corrected chi connectivity index (χ2v) is 18.0. The molecule has 14 nitrogen and oxygen atoms in total. The molecule has 6 aliphatic rings. The fraction of sp³-hybridized carbons (Fsp3) is 0.533. The van der Waals surface area contributed by atoms with E-state index in [1.54, 1.807) is 13.1 Å². The zero-order valence-electron chi connectivity index (χ0n) is 35.3. The number of carbonyl (C=O) groups excluding carboxylic acids is 3. The number of nitrogens with two attached hydrogens (primary N) is 1. The number of likely N-dealkylation sites (tertiary alicyclic amines) is 1. The first-order chi connectivity index (χ1) is 30.0. The minimum Gasteiger partial charge on any atom is -0.385 e. The molecule has 0 bridgehead atoms. The summed E-state index contributed by atoms with van der Waals surface area (Å²) in [7, 11) is 1.80. The van der Waals surface area contributed by atoms with Crippen molar-refractivity contribution in [1.82, 2.24) is 29.7 Å². The van der Waals surface area contributed by atoms with E-state index in [-0.39, 0.29) is 36.5 Å². The van der Waals surface area contributed by atoms with E-state index >= 15 is 8.78 Å². The lowest BCUT2D eigenvalue weighted by molar-refractivity contribution is -0.134. The van der Waals surface area contributed by atoms with Crippen molar-refractivity contribution in [3.05, 3.63) is 70.5 Å².